The normalized spacial score (nSPS) is 19.9. The van der Waals surface area contributed by atoms with Gasteiger partial charge in [0.25, 0.3) is 0 Å². The molecule has 1 atom stereocenters. The summed E-state index contributed by atoms with van der Waals surface area (Å²) in [7, 11) is 0. The number of fused-ring (bicyclic) bond motifs is 1. The van der Waals surface area contributed by atoms with Gasteiger partial charge in [0, 0.05) is 6.42 Å². The summed E-state index contributed by atoms with van der Waals surface area (Å²) in [5.41, 5.74) is 0.829. The van der Waals surface area contributed by atoms with Crippen molar-refractivity contribution in [3.63, 3.8) is 0 Å². The largest absolute Gasteiger partial charge is 0.489 e. The summed E-state index contributed by atoms with van der Waals surface area (Å²) in [6, 6.07) is 3.66. The third-order valence-electron chi connectivity index (χ3n) is 3.75. The van der Waals surface area contributed by atoms with Gasteiger partial charge in [0.1, 0.15) is 0 Å². The molecule has 1 N–H and O–H groups in total. The highest BCUT2D eigenvalue weighted by atomic mass is 35.5. The molecule has 2 aliphatic rings. The topological polar surface area (TPSA) is 38.7 Å². The minimum atomic E-state index is -0.463. The van der Waals surface area contributed by atoms with Gasteiger partial charge < -0.3 is 14.6 Å². The van der Waals surface area contributed by atoms with Crippen LogP contribution in [0.25, 0.3) is 0 Å². The Kier molecular flexibility index (Phi) is 3.85. The van der Waals surface area contributed by atoms with Gasteiger partial charge in [-0.25, -0.2) is 0 Å². The van der Waals surface area contributed by atoms with Crippen molar-refractivity contribution < 1.29 is 14.6 Å². The molecule has 4 heteroatoms. The van der Waals surface area contributed by atoms with E-state index in [1.54, 1.807) is 6.07 Å². The number of hydrogen-bond donors (Lipinski definition) is 1. The molecular formula is C15H19ClO3. The van der Waals surface area contributed by atoms with Gasteiger partial charge in [-0.05, 0) is 36.5 Å². The van der Waals surface area contributed by atoms with E-state index in [9.17, 15) is 5.11 Å². The first kappa shape index (κ1) is 13.1. The lowest BCUT2D eigenvalue weighted by molar-refractivity contribution is 0.162. The molecule has 1 fully saturated rings. The van der Waals surface area contributed by atoms with E-state index in [4.69, 9.17) is 21.1 Å². The summed E-state index contributed by atoms with van der Waals surface area (Å²) in [5, 5.41) is 10.8. The van der Waals surface area contributed by atoms with Crippen LogP contribution in [0, 0.1) is 5.92 Å². The van der Waals surface area contributed by atoms with Gasteiger partial charge in [0.05, 0.1) is 24.3 Å². The van der Waals surface area contributed by atoms with Crippen LogP contribution in [0.3, 0.4) is 0 Å². The number of aliphatic hydroxyl groups is 1. The molecule has 1 heterocycles. The van der Waals surface area contributed by atoms with Crippen molar-refractivity contribution in [1.82, 2.24) is 0 Å². The van der Waals surface area contributed by atoms with Gasteiger partial charge in [-0.3, -0.25) is 0 Å². The molecule has 0 bridgehead atoms. The summed E-state index contributed by atoms with van der Waals surface area (Å²) in [6.45, 7) is 1.25. The Hall–Kier alpha value is -0.930. The van der Waals surface area contributed by atoms with Crippen molar-refractivity contribution in [2.75, 3.05) is 13.2 Å². The van der Waals surface area contributed by atoms with Crippen molar-refractivity contribution in [3.8, 4) is 11.5 Å². The standard InChI is InChI=1S/C15H19ClO3/c16-12-8-11(13(17)5-4-10-2-3-10)9-14-15(12)19-7-1-6-18-14/h8-10,13,17H,1-7H2. The van der Waals surface area contributed by atoms with E-state index >= 15 is 0 Å². The first-order valence-electron chi connectivity index (χ1n) is 7.01. The van der Waals surface area contributed by atoms with E-state index in [1.807, 2.05) is 6.07 Å². The van der Waals surface area contributed by atoms with Crippen molar-refractivity contribution in [1.29, 1.82) is 0 Å². The van der Waals surface area contributed by atoms with Crippen LogP contribution in [0.2, 0.25) is 5.02 Å². The van der Waals surface area contributed by atoms with Crippen LogP contribution in [-0.2, 0) is 0 Å². The molecule has 1 aromatic carbocycles. The first-order valence-corrected chi connectivity index (χ1v) is 7.39. The van der Waals surface area contributed by atoms with Crippen LogP contribution in [0.5, 0.6) is 11.5 Å². The summed E-state index contributed by atoms with van der Waals surface area (Å²) in [6.07, 6.45) is 4.90. The predicted molar refractivity (Wildman–Crippen MR) is 74.0 cm³/mol. The average Bonchev–Trinajstić information content (AvgIpc) is 3.22. The lowest BCUT2D eigenvalue weighted by atomic mass is 10.0. The van der Waals surface area contributed by atoms with Gasteiger partial charge in [-0.15, -0.1) is 0 Å². The van der Waals surface area contributed by atoms with E-state index < -0.39 is 6.10 Å². The van der Waals surface area contributed by atoms with Gasteiger partial charge in [-0.1, -0.05) is 24.4 Å². The molecule has 1 unspecified atom stereocenters. The Balaban J connectivity index is 1.77. The number of ether oxygens (including phenoxy) is 2. The zero-order chi connectivity index (χ0) is 13.2. The fourth-order valence-electron chi connectivity index (χ4n) is 2.41. The van der Waals surface area contributed by atoms with Crippen molar-refractivity contribution in [2.24, 2.45) is 5.92 Å². The minimum Gasteiger partial charge on any atom is -0.489 e. The SMILES string of the molecule is OC(CCC1CC1)c1cc(Cl)c2c(c1)OCCCO2. The molecule has 3 nitrogen and oxygen atoms in total. The van der Waals surface area contributed by atoms with Gasteiger partial charge >= 0.3 is 0 Å². The maximum Gasteiger partial charge on any atom is 0.179 e. The van der Waals surface area contributed by atoms with Crippen LogP contribution >= 0.6 is 11.6 Å². The predicted octanol–water partition coefficient (Wildman–Crippen LogP) is 3.72. The van der Waals surface area contributed by atoms with Crippen LogP contribution < -0.4 is 9.47 Å². The first-order chi connectivity index (χ1) is 9.24. The molecule has 19 heavy (non-hydrogen) atoms. The van der Waals surface area contributed by atoms with Crippen molar-refractivity contribution >= 4 is 11.6 Å². The fourth-order valence-corrected chi connectivity index (χ4v) is 2.68. The molecule has 0 amide bonds. The maximum absolute atomic E-state index is 10.2. The summed E-state index contributed by atoms with van der Waals surface area (Å²) in [5.74, 6) is 2.09. The molecule has 1 aliphatic carbocycles. The smallest absolute Gasteiger partial charge is 0.179 e. The van der Waals surface area contributed by atoms with E-state index in [0.29, 0.717) is 29.7 Å². The second-order valence-electron chi connectivity index (χ2n) is 5.42. The van der Waals surface area contributed by atoms with Crippen LogP contribution in [0.1, 0.15) is 43.8 Å². The summed E-state index contributed by atoms with van der Waals surface area (Å²) in [4.78, 5) is 0. The van der Waals surface area contributed by atoms with Crippen LogP contribution in [0.4, 0.5) is 0 Å². The average molecular weight is 283 g/mol. The molecule has 0 radical (unpaired) electrons. The molecule has 1 aromatic rings. The molecule has 0 spiro atoms. The van der Waals surface area contributed by atoms with E-state index in [1.165, 1.54) is 12.8 Å². The molecule has 0 saturated heterocycles. The monoisotopic (exact) mass is 282 g/mol. The molecule has 104 valence electrons. The highest BCUT2D eigenvalue weighted by molar-refractivity contribution is 6.32. The molecular weight excluding hydrogens is 264 g/mol. The fraction of sp³-hybridized carbons (Fsp3) is 0.600. The second kappa shape index (κ2) is 5.59. The number of aliphatic hydroxyl groups excluding tert-OH is 1. The molecule has 0 aromatic heterocycles. The van der Waals surface area contributed by atoms with E-state index in [0.717, 1.165) is 30.7 Å². The zero-order valence-corrected chi connectivity index (χ0v) is 11.7. The number of benzene rings is 1. The van der Waals surface area contributed by atoms with Crippen LogP contribution in [-0.4, -0.2) is 18.3 Å². The number of halogens is 1. The van der Waals surface area contributed by atoms with Gasteiger partial charge in [0.2, 0.25) is 0 Å². The molecule has 1 aliphatic heterocycles. The van der Waals surface area contributed by atoms with Crippen molar-refractivity contribution in [3.05, 3.63) is 22.7 Å². The Labute approximate surface area is 118 Å². The van der Waals surface area contributed by atoms with Gasteiger partial charge in [0.15, 0.2) is 11.5 Å². The number of hydrogen-bond acceptors (Lipinski definition) is 3. The maximum atomic E-state index is 10.2. The highest BCUT2D eigenvalue weighted by Crippen LogP contribution is 2.41. The quantitative estimate of drug-likeness (QED) is 0.915. The highest BCUT2D eigenvalue weighted by Gasteiger charge is 2.23. The summed E-state index contributed by atoms with van der Waals surface area (Å²) < 4.78 is 11.2. The van der Waals surface area contributed by atoms with E-state index in [2.05, 4.69) is 0 Å². The van der Waals surface area contributed by atoms with Crippen LogP contribution in [0.15, 0.2) is 12.1 Å². The zero-order valence-electron chi connectivity index (χ0n) is 10.9. The molecule has 3 rings (SSSR count). The van der Waals surface area contributed by atoms with E-state index in [-0.39, 0.29) is 0 Å². The molecule has 1 saturated carbocycles. The Morgan fingerprint density at radius 1 is 1.26 bits per heavy atom. The second-order valence-corrected chi connectivity index (χ2v) is 5.82. The van der Waals surface area contributed by atoms with Crippen molar-refractivity contribution in [2.45, 2.75) is 38.2 Å². The number of rotatable bonds is 4. The third kappa shape index (κ3) is 3.15. The lowest BCUT2D eigenvalue weighted by Crippen LogP contribution is -2.00. The Bertz CT molecular complexity index is 457. The Morgan fingerprint density at radius 3 is 2.84 bits per heavy atom. The van der Waals surface area contributed by atoms with Gasteiger partial charge in [-0.2, -0.15) is 0 Å². The lowest BCUT2D eigenvalue weighted by Gasteiger charge is -2.15. The minimum absolute atomic E-state index is 0.463. The third-order valence-corrected chi connectivity index (χ3v) is 4.04. The summed E-state index contributed by atoms with van der Waals surface area (Å²) >= 11 is 6.22. The Morgan fingerprint density at radius 2 is 2.05 bits per heavy atom.